The molecule has 0 bridgehead atoms. The van der Waals surface area contributed by atoms with Gasteiger partial charge in [-0.1, -0.05) is 35.9 Å². The third-order valence-electron chi connectivity index (χ3n) is 3.24. The number of benzene rings is 1. The van der Waals surface area contributed by atoms with E-state index in [2.05, 4.69) is 24.0 Å². The van der Waals surface area contributed by atoms with Gasteiger partial charge < -0.3 is 9.51 Å². The van der Waals surface area contributed by atoms with Crippen LogP contribution in [-0.4, -0.2) is 14.5 Å². The SMILES string of the molecule is Cc1cccc(CC(O)c2cn3ccccc3n2)c1. The molecule has 3 nitrogen and oxygen atoms in total. The van der Waals surface area contributed by atoms with E-state index >= 15 is 0 Å². The molecule has 0 amide bonds. The minimum atomic E-state index is -0.568. The van der Waals surface area contributed by atoms with Crippen LogP contribution >= 0.6 is 0 Å². The smallest absolute Gasteiger partial charge is 0.137 e. The van der Waals surface area contributed by atoms with Crippen molar-refractivity contribution in [2.75, 3.05) is 0 Å². The number of nitrogens with zero attached hydrogens (tertiary/aromatic N) is 2. The molecule has 2 heterocycles. The van der Waals surface area contributed by atoms with Crippen LogP contribution in [0.3, 0.4) is 0 Å². The second-order valence-corrected chi connectivity index (χ2v) is 4.84. The van der Waals surface area contributed by atoms with Crippen molar-refractivity contribution >= 4 is 5.65 Å². The lowest BCUT2D eigenvalue weighted by Gasteiger charge is -2.08. The lowest BCUT2D eigenvalue weighted by molar-refractivity contribution is 0.174. The molecule has 0 fully saturated rings. The molecular weight excluding hydrogens is 236 g/mol. The normalized spacial score (nSPS) is 12.7. The highest BCUT2D eigenvalue weighted by Crippen LogP contribution is 2.18. The molecule has 2 aromatic heterocycles. The molecule has 1 N–H and O–H groups in total. The van der Waals surface area contributed by atoms with E-state index in [9.17, 15) is 5.11 Å². The molecule has 19 heavy (non-hydrogen) atoms. The Morgan fingerprint density at radius 1 is 1.21 bits per heavy atom. The molecule has 1 aromatic carbocycles. The molecule has 3 heteroatoms. The third-order valence-corrected chi connectivity index (χ3v) is 3.24. The number of hydrogen-bond donors (Lipinski definition) is 1. The van der Waals surface area contributed by atoms with Gasteiger partial charge in [-0.3, -0.25) is 0 Å². The summed E-state index contributed by atoms with van der Waals surface area (Å²) in [5, 5.41) is 10.3. The number of fused-ring (bicyclic) bond motifs is 1. The summed E-state index contributed by atoms with van der Waals surface area (Å²) in [6.07, 6.45) is 3.84. The molecule has 3 aromatic rings. The number of aryl methyl sites for hydroxylation is 1. The first-order chi connectivity index (χ1) is 9.22. The van der Waals surface area contributed by atoms with Crippen molar-refractivity contribution in [2.45, 2.75) is 19.4 Å². The van der Waals surface area contributed by atoms with Crippen molar-refractivity contribution in [2.24, 2.45) is 0 Å². The topological polar surface area (TPSA) is 37.5 Å². The average Bonchev–Trinajstić information content (AvgIpc) is 2.82. The fourth-order valence-corrected chi connectivity index (χ4v) is 2.28. The van der Waals surface area contributed by atoms with Crippen molar-refractivity contribution in [1.29, 1.82) is 0 Å². The van der Waals surface area contributed by atoms with Gasteiger partial charge in [0.25, 0.3) is 0 Å². The van der Waals surface area contributed by atoms with E-state index in [0.717, 1.165) is 11.2 Å². The predicted octanol–water partition coefficient (Wildman–Crippen LogP) is 2.92. The van der Waals surface area contributed by atoms with Crippen LogP contribution < -0.4 is 0 Å². The van der Waals surface area contributed by atoms with Crippen LogP contribution in [0.15, 0.2) is 54.9 Å². The number of aromatic nitrogens is 2. The predicted molar refractivity (Wildman–Crippen MR) is 75.0 cm³/mol. The van der Waals surface area contributed by atoms with Crippen molar-refractivity contribution in [3.8, 4) is 0 Å². The van der Waals surface area contributed by atoms with Gasteiger partial charge in [-0.05, 0) is 24.6 Å². The van der Waals surface area contributed by atoms with Gasteiger partial charge in [0.05, 0.1) is 5.69 Å². The molecule has 0 aliphatic carbocycles. The second kappa shape index (κ2) is 4.86. The van der Waals surface area contributed by atoms with Crippen molar-refractivity contribution in [1.82, 2.24) is 9.38 Å². The van der Waals surface area contributed by atoms with E-state index in [1.54, 1.807) is 0 Å². The maximum absolute atomic E-state index is 10.3. The molecule has 0 radical (unpaired) electrons. The summed E-state index contributed by atoms with van der Waals surface area (Å²) >= 11 is 0. The minimum absolute atomic E-state index is 0.568. The highest BCUT2D eigenvalue weighted by molar-refractivity contribution is 5.40. The van der Waals surface area contributed by atoms with Crippen LogP contribution in [0.2, 0.25) is 0 Å². The number of imidazole rings is 1. The largest absolute Gasteiger partial charge is 0.386 e. The van der Waals surface area contributed by atoms with Crippen LogP contribution in [0.25, 0.3) is 5.65 Å². The first-order valence-electron chi connectivity index (χ1n) is 6.39. The van der Waals surface area contributed by atoms with Crippen molar-refractivity contribution in [3.05, 3.63) is 71.7 Å². The maximum atomic E-state index is 10.3. The fraction of sp³-hybridized carbons (Fsp3) is 0.188. The molecule has 1 unspecified atom stereocenters. The second-order valence-electron chi connectivity index (χ2n) is 4.84. The zero-order valence-electron chi connectivity index (χ0n) is 10.8. The summed E-state index contributed by atoms with van der Waals surface area (Å²) < 4.78 is 1.93. The lowest BCUT2D eigenvalue weighted by atomic mass is 10.0. The molecule has 3 rings (SSSR count). The summed E-state index contributed by atoms with van der Waals surface area (Å²) in [5.74, 6) is 0. The van der Waals surface area contributed by atoms with Gasteiger partial charge in [-0.2, -0.15) is 0 Å². The Labute approximate surface area is 112 Å². The number of hydrogen-bond acceptors (Lipinski definition) is 2. The summed E-state index contributed by atoms with van der Waals surface area (Å²) in [7, 11) is 0. The fourth-order valence-electron chi connectivity index (χ4n) is 2.28. The minimum Gasteiger partial charge on any atom is -0.386 e. The molecule has 0 spiro atoms. The van der Waals surface area contributed by atoms with E-state index < -0.39 is 6.10 Å². The third kappa shape index (κ3) is 2.51. The number of pyridine rings is 1. The Morgan fingerprint density at radius 2 is 2.11 bits per heavy atom. The molecule has 0 aliphatic rings. The van der Waals surface area contributed by atoms with Crippen LogP contribution in [0, 0.1) is 6.92 Å². The number of aliphatic hydroxyl groups excluding tert-OH is 1. The summed E-state index contributed by atoms with van der Waals surface area (Å²) in [5.41, 5.74) is 3.91. The van der Waals surface area contributed by atoms with Gasteiger partial charge in [0.2, 0.25) is 0 Å². The number of rotatable bonds is 3. The van der Waals surface area contributed by atoms with E-state index in [1.807, 2.05) is 47.1 Å². The standard InChI is InChI=1S/C16H16N2O/c1-12-5-4-6-13(9-12)10-15(19)14-11-18-8-3-2-7-16(18)17-14/h2-9,11,15,19H,10H2,1H3. The lowest BCUT2D eigenvalue weighted by Crippen LogP contribution is -2.02. The highest BCUT2D eigenvalue weighted by atomic mass is 16.3. The van der Waals surface area contributed by atoms with Gasteiger partial charge in [0, 0.05) is 18.8 Å². The van der Waals surface area contributed by atoms with Crippen molar-refractivity contribution in [3.63, 3.8) is 0 Å². The van der Waals surface area contributed by atoms with Crippen LogP contribution in [0.4, 0.5) is 0 Å². The highest BCUT2D eigenvalue weighted by Gasteiger charge is 2.12. The first kappa shape index (κ1) is 11.9. The van der Waals surface area contributed by atoms with Gasteiger partial charge in [0.15, 0.2) is 0 Å². The maximum Gasteiger partial charge on any atom is 0.137 e. The number of aliphatic hydroxyl groups is 1. The van der Waals surface area contributed by atoms with Gasteiger partial charge in [-0.25, -0.2) is 4.98 Å². The zero-order valence-corrected chi connectivity index (χ0v) is 10.8. The quantitative estimate of drug-likeness (QED) is 0.778. The molecule has 0 aliphatic heterocycles. The van der Waals surface area contributed by atoms with E-state index in [4.69, 9.17) is 0 Å². The average molecular weight is 252 g/mol. The van der Waals surface area contributed by atoms with Gasteiger partial charge in [0.1, 0.15) is 11.8 Å². The Balaban J connectivity index is 1.85. The van der Waals surface area contributed by atoms with Gasteiger partial charge in [-0.15, -0.1) is 0 Å². The van der Waals surface area contributed by atoms with E-state index in [0.29, 0.717) is 12.1 Å². The molecular formula is C16H16N2O. The van der Waals surface area contributed by atoms with Crippen LogP contribution in [-0.2, 0) is 6.42 Å². The van der Waals surface area contributed by atoms with Crippen LogP contribution in [0.1, 0.15) is 22.9 Å². The van der Waals surface area contributed by atoms with Crippen molar-refractivity contribution < 1.29 is 5.11 Å². The van der Waals surface area contributed by atoms with Gasteiger partial charge >= 0.3 is 0 Å². The Kier molecular flexibility index (Phi) is 3.05. The Morgan fingerprint density at radius 3 is 2.89 bits per heavy atom. The Hall–Kier alpha value is -2.13. The molecule has 1 atom stereocenters. The molecule has 0 saturated carbocycles. The summed E-state index contributed by atoms with van der Waals surface area (Å²) in [6, 6.07) is 14.0. The molecule has 96 valence electrons. The first-order valence-corrected chi connectivity index (χ1v) is 6.39. The van der Waals surface area contributed by atoms with E-state index in [1.165, 1.54) is 5.56 Å². The Bertz CT molecular complexity index is 670. The van der Waals surface area contributed by atoms with Crippen LogP contribution in [0.5, 0.6) is 0 Å². The monoisotopic (exact) mass is 252 g/mol. The van der Waals surface area contributed by atoms with E-state index in [-0.39, 0.29) is 0 Å². The summed E-state index contributed by atoms with van der Waals surface area (Å²) in [6.45, 7) is 2.06. The molecule has 0 saturated heterocycles. The zero-order chi connectivity index (χ0) is 13.2. The summed E-state index contributed by atoms with van der Waals surface area (Å²) in [4.78, 5) is 4.44.